The van der Waals surface area contributed by atoms with Crippen LogP contribution in [-0.4, -0.2) is 28.1 Å². The molecule has 2 aromatic heterocycles. The molecule has 2 N–H and O–H groups in total. The van der Waals surface area contributed by atoms with Crippen LogP contribution in [0.3, 0.4) is 0 Å². The first-order valence-corrected chi connectivity index (χ1v) is 10.7. The molecule has 10 heteroatoms. The van der Waals surface area contributed by atoms with Crippen molar-refractivity contribution >= 4 is 28.8 Å². The first-order valence-electron chi connectivity index (χ1n) is 9.79. The third-order valence-corrected chi connectivity index (χ3v) is 5.54. The summed E-state index contributed by atoms with van der Waals surface area (Å²) in [5.74, 6) is -5.94. The van der Waals surface area contributed by atoms with Gasteiger partial charge in [0.05, 0.1) is 29.2 Å². The minimum absolute atomic E-state index is 0.264. The van der Waals surface area contributed by atoms with Crippen LogP contribution in [0.2, 0.25) is 0 Å². The summed E-state index contributed by atoms with van der Waals surface area (Å²) in [4.78, 5) is 25.7. The van der Waals surface area contributed by atoms with Crippen LogP contribution in [0.4, 0.5) is 18.9 Å². The number of carbonyl (C=O) groups is 2. The van der Waals surface area contributed by atoms with Crippen molar-refractivity contribution in [3.05, 3.63) is 94.8 Å². The molecule has 6 nitrogen and oxygen atoms in total. The summed E-state index contributed by atoms with van der Waals surface area (Å²) in [7, 11) is 0. The zero-order valence-corrected chi connectivity index (χ0v) is 17.8. The molecule has 2 heterocycles. The van der Waals surface area contributed by atoms with Crippen LogP contribution in [0, 0.1) is 17.5 Å². The maximum atomic E-state index is 13.8. The van der Waals surface area contributed by atoms with Gasteiger partial charge in [-0.3, -0.25) is 14.3 Å². The zero-order chi connectivity index (χ0) is 23.4. The molecular weight excluding hydrogens is 453 g/mol. The van der Waals surface area contributed by atoms with Crippen molar-refractivity contribution in [2.75, 3.05) is 11.9 Å². The van der Waals surface area contributed by atoms with Crippen molar-refractivity contribution in [2.24, 2.45) is 0 Å². The number of thiophene rings is 1. The maximum Gasteiger partial charge on any atom is 0.255 e. The summed E-state index contributed by atoms with van der Waals surface area (Å²) in [5, 5.41) is 11.0. The lowest BCUT2D eigenvalue weighted by atomic mass is 10.2. The molecule has 2 aromatic carbocycles. The van der Waals surface area contributed by atoms with Crippen molar-refractivity contribution in [1.82, 2.24) is 15.1 Å². The monoisotopic (exact) mass is 470 g/mol. The Morgan fingerprint density at radius 1 is 0.970 bits per heavy atom. The fourth-order valence-electron chi connectivity index (χ4n) is 3.11. The topological polar surface area (TPSA) is 76.0 Å². The van der Waals surface area contributed by atoms with Gasteiger partial charge < -0.3 is 10.6 Å². The molecule has 0 radical (unpaired) electrons. The van der Waals surface area contributed by atoms with Gasteiger partial charge in [-0.05, 0) is 29.1 Å². The highest BCUT2D eigenvalue weighted by atomic mass is 32.1. The average Bonchev–Trinajstić information content (AvgIpc) is 3.49. The average molecular weight is 470 g/mol. The Balaban J connectivity index is 1.48. The Morgan fingerprint density at radius 2 is 1.76 bits per heavy atom. The van der Waals surface area contributed by atoms with E-state index in [1.807, 2.05) is 47.8 Å². The Bertz CT molecular complexity index is 1290. The van der Waals surface area contributed by atoms with Crippen molar-refractivity contribution in [3.8, 4) is 10.6 Å². The largest absolute Gasteiger partial charge is 0.343 e. The van der Waals surface area contributed by atoms with Gasteiger partial charge in [0.2, 0.25) is 5.91 Å². The number of carbonyl (C=O) groups excluding carboxylic acids is 2. The molecule has 2 amide bonds. The Kier molecular flexibility index (Phi) is 6.55. The summed E-state index contributed by atoms with van der Waals surface area (Å²) >= 11 is 1.41. The van der Waals surface area contributed by atoms with Crippen molar-refractivity contribution < 1.29 is 22.8 Å². The number of rotatable bonds is 7. The van der Waals surface area contributed by atoms with Crippen LogP contribution in [0.5, 0.6) is 0 Å². The predicted molar refractivity (Wildman–Crippen MR) is 118 cm³/mol. The van der Waals surface area contributed by atoms with E-state index in [0.717, 1.165) is 16.5 Å². The van der Waals surface area contributed by atoms with Gasteiger partial charge in [0, 0.05) is 6.20 Å². The first-order chi connectivity index (χ1) is 15.9. The molecular formula is C23H17F3N4O2S. The molecule has 0 aliphatic heterocycles. The lowest BCUT2D eigenvalue weighted by molar-refractivity contribution is -0.115. The van der Waals surface area contributed by atoms with Crippen molar-refractivity contribution in [3.63, 3.8) is 0 Å². The van der Waals surface area contributed by atoms with Crippen LogP contribution in [0.15, 0.2) is 66.2 Å². The molecule has 0 unspecified atom stereocenters. The van der Waals surface area contributed by atoms with E-state index in [1.165, 1.54) is 11.3 Å². The van der Waals surface area contributed by atoms with Gasteiger partial charge in [-0.15, -0.1) is 11.3 Å². The summed E-state index contributed by atoms with van der Waals surface area (Å²) < 4.78 is 41.8. The number of hydrogen-bond acceptors (Lipinski definition) is 4. The predicted octanol–water partition coefficient (Wildman–Crippen LogP) is 4.45. The van der Waals surface area contributed by atoms with Gasteiger partial charge in [0.15, 0.2) is 17.5 Å². The van der Waals surface area contributed by atoms with Gasteiger partial charge in [0.25, 0.3) is 5.91 Å². The molecule has 4 rings (SSSR count). The van der Waals surface area contributed by atoms with E-state index in [2.05, 4.69) is 15.7 Å². The Morgan fingerprint density at radius 3 is 2.48 bits per heavy atom. The highest BCUT2D eigenvalue weighted by Crippen LogP contribution is 2.27. The van der Waals surface area contributed by atoms with Gasteiger partial charge in [-0.1, -0.05) is 36.4 Å². The van der Waals surface area contributed by atoms with E-state index >= 15 is 0 Å². The molecule has 0 aliphatic carbocycles. The lowest BCUT2D eigenvalue weighted by Crippen LogP contribution is -2.33. The number of anilines is 1. The summed E-state index contributed by atoms with van der Waals surface area (Å²) in [6.07, 6.45) is 1.59. The molecule has 4 aromatic rings. The van der Waals surface area contributed by atoms with Crippen LogP contribution in [-0.2, 0) is 11.3 Å². The molecule has 0 atom stereocenters. The van der Waals surface area contributed by atoms with Crippen LogP contribution < -0.4 is 10.6 Å². The number of hydrogen-bond donors (Lipinski definition) is 2. The fourth-order valence-corrected chi connectivity index (χ4v) is 3.83. The van der Waals surface area contributed by atoms with Crippen molar-refractivity contribution in [1.29, 1.82) is 0 Å². The van der Waals surface area contributed by atoms with Crippen molar-refractivity contribution in [2.45, 2.75) is 6.54 Å². The van der Waals surface area contributed by atoms with E-state index in [0.29, 0.717) is 18.3 Å². The second-order valence-corrected chi connectivity index (χ2v) is 7.95. The minimum Gasteiger partial charge on any atom is -0.343 e. The van der Waals surface area contributed by atoms with Crippen LogP contribution in [0.1, 0.15) is 15.9 Å². The number of benzene rings is 2. The SMILES string of the molecule is O=C(CNC(=O)c1cn(Cc2ccccc2)nc1-c1cccs1)Nc1ccc(F)c(F)c1F. The van der Waals surface area contributed by atoms with Gasteiger partial charge in [-0.2, -0.15) is 5.10 Å². The van der Waals surface area contributed by atoms with Gasteiger partial charge >= 0.3 is 0 Å². The van der Waals surface area contributed by atoms with E-state index < -0.39 is 41.5 Å². The third-order valence-electron chi connectivity index (χ3n) is 4.67. The number of aromatic nitrogens is 2. The molecule has 0 bridgehead atoms. The molecule has 168 valence electrons. The molecule has 0 fully saturated rings. The number of nitrogens with one attached hydrogen (secondary N) is 2. The van der Waals surface area contributed by atoms with Crippen LogP contribution in [0.25, 0.3) is 10.6 Å². The second kappa shape index (κ2) is 9.70. The summed E-state index contributed by atoms with van der Waals surface area (Å²) in [6, 6.07) is 14.8. The first kappa shape index (κ1) is 22.3. The van der Waals surface area contributed by atoms with E-state index in [1.54, 1.807) is 10.9 Å². The smallest absolute Gasteiger partial charge is 0.255 e. The van der Waals surface area contributed by atoms with E-state index in [4.69, 9.17) is 0 Å². The maximum absolute atomic E-state index is 13.8. The summed E-state index contributed by atoms with van der Waals surface area (Å²) in [5.41, 5.74) is 1.20. The molecule has 0 aliphatic rings. The molecule has 0 spiro atoms. The fraction of sp³-hybridized carbons (Fsp3) is 0.0870. The van der Waals surface area contributed by atoms with E-state index in [-0.39, 0.29) is 5.56 Å². The number of halogens is 3. The second-order valence-electron chi connectivity index (χ2n) is 7.01. The van der Waals surface area contributed by atoms with Crippen LogP contribution >= 0.6 is 11.3 Å². The molecule has 33 heavy (non-hydrogen) atoms. The van der Waals surface area contributed by atoms with E-state index in [9.17, 15) is 22.8 Å². The van der Waals surface area contributed by atoms with Gasteiger partial charge in [0.1, 0.15) is 5.69 Å². The number of nitrogens with zero attached hydrogens (tertiary/aromatic N) is 2. The zero-order valence-electron chi connectivity index (χ0n) is 17.0. The highest BCUT2D eigenvalue weighted by Gasteiger charge is 2.20. The van der Waals surface area contributed by atoms with Gasteiger partial charge in [-0.25, -0.2) is 13.2 Å². The quantitative estimate of drug-likeness (QED) is 0.392. The Labute approximate surface area is 190 Å². The normalized spacial score (nSPS) is 10.8. The minimum atomic E-state index is -1.69. The molecule has 0 saturated heterocycles. The lowest BCUT2D eigenvalue weighted by Gasteiger charge is -2.08. The standard InChI is InChI=1S/C23H17F3N4O2S/c24-16-8-9-17(21(26)20(16)25)28-19(31)11-27-23(32)15-13-30(12-14-5-2-1-3-6-14)29-22(15)18-7-4-10-33-18/h1-10,13H,11-12H2,(H,27,32)(H,28,31). The molecule has 0 saturated carbocycles. The number of amides is 2. The Hall–Kier alpha value is -3.92. The highest BCUT2D eigenvalue weighted by molar-refractivity contribution is 7.13. The third kappa shape index (κ3) is 5.12. The summed E-state index contributed by atoms with van der Waals surface area (Å²) in [6.45, 7) is -0.0621.